The number of fused-ring (bicyclic) bond motifs is 2. The van der Waals surface area contributed by atoms with Crippen LogP contribution in [0.5, 0.6) is 11.5 Å². The van der Waals surface area contributed by atoms with Gasteiger partial charge >= 0.3 is 0 Å². The summed E-state index contributed by atoms with van der Waals surface area (Å²) in [4.78, 5) is 28.5. The maximum Gasteiger partial charge on any atom is 0.290 e. The molecule has 1 unspecified atom stereocenters. The number of hydrogen-bond donors (Lipinski definition) is 1. The smallest absolute Gasteiger partial charge is 0.290 e. The minimum atomic E-state index is -0.696. The van der Waals surface area contributed by atoms with Crippen molar-refractivity contribution in [2.45, 2.75) is 52.5 Å². The van der Waals surface area contributed by atoms with Crippen molar-refractivity contribution >= 4 is 16.9 Å². The van der Waals surface area contributed by atoms with Crippen molar-refractivity contribution in [3.63, 3.8) is 0 Å². The van der Waals surface area contributed by atoms with Gasteiger partial charge in [0.1, 0.15) is 5.58 Å². The van der Waals surface area contributed by atoms with Crippen molar-refractivity contribution in [2.24, 2.45) is 0 Å². The molecule has 0 bridgehead atoms. The molecule has 1 N–H and O–H groups in total. The normalized spacial score (nSPS) is 15.1. The number of ether oxygens (including phenoxy) is 2. The first-order valence-corrected chi connectivity index (χ1v) is 12.2. The molecule has 0 radical (unpaired) electrons. The van der Waals surface area contributed by atoms with Crippen LogP contribution in [0.3, 0.4) is 0 Å². The van der Waals surface area contributed by atoms with E-state index in [9.17, 15) is 14.7 Å². The average Bonchev–Trinajstić information content (AvgIpc) is 3.10. The van der Waals surface area contributed by atoms with Crippen LogP contribution in [-0.4, -0.2) is 42.8 Å². The van der Waals surface area contributed by atoms with E-state index in [-0.39, 0.29) is 29.9 Å². The summed E-state index contributed by atoms with van der Waals surface area (Å²) < 4.78 is 17.6. The van der Waals surface area contributed by atoms with Gasteiger partial charge in [-0.15, -0.1) is 0 Å². The molecule has 1 aliphatic rings. The topological polar surface area (TPSA) is 89.2 Å². The number of aliphatic hydroxyl groups is 1. The molecule has 0 spiro atoms. The summed E-state index contributed by atoms with van der Waals surface area (Å²) in [5.41, 5.74) is 2.90. The third-order valence-corrected chi connectivity index (χ3v) is 6.51. The van der Waals surface area contributed by atoms with Crippen molar-refractivity contribution < 1.29 is 23.8 Å². The summed E-state index contributed by atoms with van der Waals surface area (Å²) in [5, 5.41) is 10.2. The molecule has 0 saturated heterocycles. The predicted octanol–water partition coefficient (Wildman–Crippen LogP) is 4.92. The lowest BCUT2D eigenvalue weighted by molar-refractivity contribution is 0.0691. The van der Waals surface area contributed by atoms with Gasteiger partial charge in [0.05, 0.1) is 37.3 Å². The molecule has 1 aliphatic heterocycles. The Labute approximate surface area is 205 Å². The van der Waals surface area contributed by atoms with Gasteiger partial charge in [0.2, 0.25) is 5.76 Å². The standard InChI is InChI=1S/C28H33NO6/c1-5-6-7-8-13-34-20-10-9-19(16-21(20)33-4)25-24-26(31)23-18(3)14-17(2)15-22(23)35-27(24)28(32)29(25)11-12-30/h9-10,14-16,25,30H,5-8,11-13H2,1-4H3. The predicted molar refractivity (Wildman–Crippen MR) is 135 cm³/mol. The van der Waals surface area contributed by atoms with Crippen molar-refractivity contribution in [2.75, 3.05) is 26.9 Å². The Morgan fingerprint density at radius 2 is 1.86 bits per heavy atom. The van der Waals surface area contributed by atoms with Gasteiger partial charge in [0.15, 0.2) is 16.9 Å². The Bertz CT molecular complexity index is 1290. The summed E-state index contributed by atoms with van der Waals surface area (Å²) in [7, 11) is 1.57. The highest BCUT2D eigenvalue weighted by Crippen LogP contribution is 2.41. The third kappa shape index (κ3) is 4.65. The minimum absolute atomic E-state index is 0.0289. The summed E-state index contributed by atoms with van der Waals surface area (Å²) in [5.74, 6) is 0.760. The lowest BCUT2D eigenvalue weighted by atomic mass is 9.96. The molecule has 7 nitrogen and oxygen atoms in total. The number of rotatable bonds is 10. The monoisotopic (exact) mass is 479 g/mol. The number of unbranched alkanes of at least 4 members (excludes halogenated alkanes) is 3. The molecule has 0 saturated carbocycles. The molecule has 1 aromatic heterocycles. The number of aliphatic hydroxyl groups excluding tert-OH is 1. The first-order chi connectivity index (χ1) is 16.9. The van der Waals surface area contributed by atoms with Gasteiger partial charge < -0.3 is 23.9 Å². The molecule has 1 atom stereocenters. The number of hydrogen-bond acceptors (Lipinski definition) is 6. The zero-order valence-electron chi connectivity index (χ0n) is 20.8. The number of amides is 1. The SMILES string of the molecule is CCCCCCOc1ccc(C2c3c(oc4cc(C)cc(C)c4c3=O)C(=O)N2CCO)cc1OC. The molecule has 35 heavy (non-hydrogen) atoms. The zero-order valence-corrected chi connectivity index (χ0v) is 20.8. The van der Waals surface area contributed by atoms with E-state index >= 15 is 0 Å². The van der Waals surface area contributed by atoms with Gasteiger partial charge in [-0.2, -0.15) is 0 Å². The molecule has 2 aromatic carbocycles. The van der Waals surface area contributed by atoms with Gasteiger partial charge in [-0.05, 0) is 55.2 Å². The molecular weight excluding hydrogens is 446 g/mol. The number of nitrogens with zero attached hydrogens (tertiary/aromatic N) is 1. The fraction of sp³-hybridized carbons (Fsp3) is 0.429. The van der Waals surface area contributed by atoms with E-state index in [4.69, 9.17) is 13.9 Å². The summed E-state index contributed by atoms with van der Waals surface area (Å²) >= 11 is 0. The Balaban J connectivity index is 1.78. The fourth-order valence-electron chi connectivity index (χ4n) is 4.88. The van der Waals surface area contributed by atoms with E-state index in [2.05, 4.69) is 6.92 Å². The van der Waals surface area contributed by atoms with Crippen molar-refractivity contribution in [1.29, 1.82) is 0 Å². The highest BCUT2D eigenvalue weighted by molar-refractivity contribution is 5.99. The Kier molecular flexibility index (Phi) is 7.45. The summed E-state index contributed by atoms with van der Waals surface area (Å²) in [6, 6.07) is 8.45. The van der Waals surface area contributed by atoms with Gasteiger partial charge in [-0.1, -0.05) is 38.3 Å². The van der Waals surface area contributed by atoms with Crippen LogP contribution in [0.25, 0.3) is 11.0 Å². The quantitative estimate of drug-likeness (QED) is 0.416. The van der Waals surface area contributed by atoms with Gasteiger partial charge in [-0.3, -0.25) is 9.59 Å². The van der Waals surface area contributed by atoms with Crippen LogP contribution in [0.1, 0.15) is 71.5 Å². The second-order valence-corrected chi connectivity index (χ2v) is 9.07. The van der Waals surface area contributed by atoms with Crippen LogP contribution in [0.2, 0.25) is 0 Å². The van der Waals surface area contributed by atoms with Crippen molar-refractivity contribution in [3.8, 4) is 11.5 Å². The maximum absolute atomic E-state index is 13.7. The largest absolute Gasteiger partial charge is 0.493 e. The number of methoxy groups -OCH3 is 1. The van der Waals surface area contributed by atoms with E-state index in [0.29, 0.717) is 34.6 Å². The second-order valence-electron chi connectivity index (χ2n) is 9.07. The molecule has 7 heteroatoms. The van der Waals surface area contributed by atoms with Gasteiger partial charge in [0.25, 0.3) is 5.91 Å². The van der Waals surface area contributed by atoms with Crippen LogP contribution in [0.4, 0.5) is 0 Å². The van der Waals surface area contributed by atoms with Crippen LogP contribution >= 0.6 is 0 Å². The van der Waals surface area contributed by atoms with E-state index in [1.807, 2.05) is 32.0 Å². The van der Waals surface area contributed by atoms with Crippen LogP contribution in [-0.2, 0) is 0 Å². The fourth-order valence-corrected chi connectivity index (χ4v) is 4.88. The van der Waals surface area contributed by atoms with E-state index in [1.54, 1.807) is 19.2 Å². The maximum atomic E-state index is 13.7. The number of benzene rings is 2. The third-order valence-electron chi connectivity index (χ3n) is 6.51. The highest BCUT2D eigenvalue weighted by Gasteiger charge is 2.42. The van der Waals surface area contributed by atoms with Gasteiger partial charge in [0, 0.05) is 6.54 Å². The highest BCUT2D eigenvalue weighted by atomic mass is 16.5. The Morgan fingerprint density at radius 1 is 1.06 bits per heavy atom. The van der Waals surface area contributed by atoms with Crippen LogP contribution < -0.4 is 14.9 Å². The lowest BCUT2D eigenvalue weighted by Gasteiger charge is -2.25. The molecule has 4 rings (SSSR count). The van der Waals surface area contributed by atoms with E-state index in [1.165, 1.54) is 11.3 Å². The molecule has 3 aromatic rings. The molecule has 0 aliphatic carbocycles. The molecule has 186 valence electrons. The number of aryl methyl sites for hydroxylation is 2. The first-order valence-electron chi connectivity index (χ1n) is 12.2. The summed E-state index contributed by atoms with van der Waals surface area (Å²) in [6.45, 7) is 6.37. The van der Waals surface area contributed by atoms with E-state index < -0.39 is 11.9 Å². The molecule has 0 fully saturated rings. The van der Waals surface area contributed by atoms with Crippen molar-refractivity contribution in [1.82, 2.24) is 4.90 Å². The summed E-state index contributed by atoms with van der Waals surface area (Å²) in [6.07, 6.45) is 4.40. The number of β-amino-alcohol motifs (C(OH)–C–C–N with tert-alkyl or cyclic N) is 1. The Morgan fingerprint density at radius 3 is 2.57 bits per heavy atom. The minimum Gasteiger partial charge on any atom is -0.493 e. The first kappa shape index (κ1) is 24.8. The van der Waals surface area contributed by atoms with Crippen molar-refractivity contribution in [3.05, 3.63) is 68.6 Å². The number of carbonyl (C=O) groups excluding carboxylic acids is 1. The second kappa shape index (κ2) is 10.5. The van der Waals surface area contributed by atoms with Gasteiger partial charge in [-0.25, -0.2) is 0 Å². The van der Waals surface area contributed by atoms with Crippen LogP contribution in [0.15, 0.2) is 39.5 Å². The molecule has 1 amide bonds. The Hall–Kier alpha value is -3.32. The lowest BCUT2D eigenvalue weighted by Crippen LogP contribution is -2.32. The number of carbonyl (C=O) groups is 1. The van der Waals surface area contributed by atoms with E-state index in [0.717, 1.165) is 30.4 Å². The van der Waals surface area contributed by atoms with Crippen LogP contribution in [0, 0.1) is 13.8 Å². The molecule has 2 heterocycles. The zero-order chi connectivity index (χ0) is 25.1. The average molecular weight is 480 g/mol. The molecular formula is C28H33NO6.